The highest BCUT2D eigenvalue weighted by atomic mass is 35.5. The molecular formula is C20H17ClN6O2. The molecular weight excluding hydrogens is 392 g/mol. The van der Waals surface area contributed by atoms with Crippen molar-refractivity contribution in [1.29, 1.82) is 0 Å². The van der Waals surface area contributed by atoms with Crippen LogP contribution in [0, 0.1) is 5.92 Å². The molecule has 5 rings (SSSR count). The molecule has 0 unspecified atom stereocenters. The topological polar surface area (TPSA) is 108 Å². The van der Waals surface area contributed by atoms with Crippen molar-refractivity contribution in [3.8, 4) is 11.4 Å². The highest BCUT2D eigenvalue weighted by Gasteiger charge is 2.23. The predicted molar refractivity (Wildman–Crippen MR) is 110 cm³/mol. The molecule has 0 aliphatic heterocycles. The van der Waals surface area contributed by atoms with Crippen LogP contribution in [0.5, 0.6) is 0 Å². The van der Waals surface area contributed by atoms with E-state index in [9.17, 15) is 9.59 Å². The fraction of sp³-hybridized carbons (Fsp3) is 0.200. The van der Waals surface area contributed by atoms with Gasteiger partial charge in [-0.2, -0.15) is 4.98 Å². The van der Waals surface area contributed by atoms with E-state index in [1.807, 2.05) is 12.1 Å². The van der Waals surface area contributed by atoms with Crippen molar-refractivity contribution in [2.24, 2.45) is 5.92 Å². The molecule has 1 aliphatic rings. The molecule has 0 bridgehead atoms. The van der Waals surface area contributed by atoms with Crippen LogP contribution in [0.4, 0.5) is 5.95 Å². The molecule has 2 heterocycles. The Morgan fingerprint density at radius 2 is 2.00 bits per heavy atom. The molecule has 1 fully saturated rings. The molecule has 2 aromatic carbocycles. The number of aromatic nitrogens is 5. The Morgan fingerprint density at radius 1 is 1.21 bits per heavy atom. The van der Waals surface area contributed by atoms with Gasteiger partial charge in [0.25, 0.3) is 5.91 Å². The molecule has 0 atom stereocenters. The number of rotatable bonds is 5. The molecule has 8 nitrogen and oxygen atoms in total. The zero-order valence-corrected chi connectivity index (χ0v) is 16.0. The number of anilines is 1. The molecule has 1 aliphatic carbocycles. The largest absolute Gasteiger partial charge is 0.326 e. The second kappa shape index (κ2) is 6.89. The van der Waals surface area contributed by atoms with Crippen LogP contribution >= 0.6 is 11.6 Å². The minimum Gasteiger partial charge on any atom is -0.306 e. The molecule has 4 aromatic rings. The summed E-state index contributed by atoms with van der Waals surface area (Å²) in [5.41, 5.74) is 2.51. The molecule has 3 N–H and O–H groups in total. The van der Waals surface area contributed by atoms with Crippen molar-refractivity contribution in [1.82, 2.24) is 24.7 Å². The minimum atomic E-state index is -0.357. The molecule has 146 valence electrons. The lowest BCUT2D eigenvalue weighted by Crippen LogP contribution is -2.17. The van der Waals surface area contributed by atoms with Crippen molar-refractivity contribution < 1.29 is 4.79 Å². The first-order valence-electron chi connectivity index (χ1n) is 9.29. The predicted octanol–water partition coefficient (Wildman–Crippen LogP) is 3.43. The normalized spacial score (nSPS) is 13.7. The van der Waals surface area contributed by atoms with Gasteiger partial charge >= 0.3 is 5.69 Å². The smallest absolute Gasteiger partial charge is 0.306 e. The lowest BCUT2D eigenvalue weighted by Gasteiger charge is -2.03. The Labute approximate surface area is 169 Å². The highest BCUT2D eigenvalue weighted by Crippen LogP contribution is 2.31. The van der Waals surface area contributed by atoms with Crippen LogP contribution in [0.2, 0.25) is 5.02 Å². The third kappa shape index (κ3) is 3.54. The van der Waals surface area contributed by atoms with Gasteiger partial charge in [0.05, 0.1) is 11.0 Å². The van der Waals surface area contributed by atoms with Gasteiger partial charge in [0.2, 0.25) is 5.95 Å². The monoisotopic (exact) mass is 408 g/mol. The van der Waals surface area contributed by atoms with Crippen LogP contribution in [0.15, 0.2) is 47.3 Å². The number of amides is 1. The summed E-state index contributed by atoms with van der Waals surface area (Å²) in [7, 11) is 0. The summed E-state index contributed by atoms with van der Waals surface area (Å²) in [5.74, 6) is 0.911. The van der Waals surface area contributed by atoms with Gasteiger partial charge in [-0.25, -0.2) is 4.79 Å². The van der Waals surface area contributed by atoms with Crippen LogP contribution in [0.3, 0.4) is 0 Å². The number of halogens is 1. The van der Waals surface area contributed by atoms with Gasteiger partial charge in [-0.1, -0.05) is 11.6 Å². The van der Waals surface area contributed by atoms with Gasteiger partial charge in [0.1, 0.15) is 0 Å². The number of imidazole rings is 1. The zero-order valence-electron chi connectivity index (χ0n) is 15.3. The van der Waals surface area contributed by atoms with E-state index in [1.54, 1.807) is 34.9 Å². The summed E-state index contributed by atoms with van der Waals surface area (Å²) in [6, 6.07) is 12.3. The van der Waals surface area contributed by atoms with E-state index in [1.165, 1.54) is 0 Å². The van der Waals surface area contributed by atoms with Gasteiger partial charge < -0.3 is 4.98 Å². The number of H-pyrrole nitrogens is 2. The highest BCUT2D eigenvalue weighted by molar-refractivity contribution is 6.30. The lowest BCUT2D eigenvalue weighted by molar-refractivity contribution is 0.102. The molecule has 1 amide bonds. The Balaban J connectivity index is 1.36. The maximum atomic E-state index is 12.6. The second-order valence-corrected chi connectivity index (χ2v) is 7.62. The van der Waals surface area contributed by atoms with Gasteiger partial charge in [0.15, 0.2) is 5.82 Å². The summed E-state index contributed by atoms with van der Waals surface area (Å²) in [6.45, 7) is 0.717. The lowest BCUT2D eigenvalue weighted by atomic mass is 10.2. The Kier molecular flexibility index (Phi) is 4.21. The second-order valence-electron chi connectivity index (χ2n) is 7.18. The molecule has 0 radical (unpaired) electrons. The van der Waals surface area contributed by atoms with E-state index < -0.39 is 0 Å². The van der Waals surface area contributed by atoms with Crippen molar-refractivity contribution >= 4 is 34.5 Å². The first-order chi connectivity index (χ1) is 14.1. The average molecular weight is 409 g/mol. The third-order valence-corrected chi connectivity index (χ3v) is 5.25. The van der Waals surface area contributed by atoms with E-state index in [0.29, 0.717) is 27.8 Å². The number of carbonyl (C=O) groups excluding carboxylic acids is 1. The van der Waals surface area contributed by atoms with Crippen LogP contribution in [0.25, 0.3) is 22.4 Å². The number of hydrogen-bond acceptors (Lipinski definition) is 4. The third-order valence-electron chi connectivity index (χ3n) is 5.00. The molecule has 29 heavy (non-hydrogen) atoms. The molecule has 0 spiro atoms. The fourth-order valence-electron chi connectivity index (χ4n) is 3.27. The van der Waals surface area contributed by atoms with Gasteiger partial charge in [-0.15, -0.1) is 5.10 Å². The minimum absolute atomic E-state index is 0.147. The van der Waals surface area contributed by atoms with Crippen molar-refractivity contribution in [3.05, 3.63) is 63.5 Å². The number of nitrogens with zero attached hydrogens (tertiary/aromatic N) is 3. The first kappa shape index (κ1) is 17.7. The number of carbonyl (C=O) groups is 1. The Hall–Kier alpha value is -3.39. The summed E-state index contributed by atoms with van der Waals surface area (Å²) < 4.78 is 1.74. The molecule has 1 saturated carbocycles. The standard InChI is InChI=1S/C20H17ClN6O2/c21-14-6-3-12(4-7-14)17-23-19(26-25-17)24-18(28)13-5-8-16-15(9-13)22-20(29)27(16)10-11-1-2-11/h3-9,11H,1-2,10H2,(H,22,29)(H2,23,24,25,26,28). The average Bonchev–Trinajstić information content (AvgIpc) is 3.33. The molecule has 9 heteroatoms. The summed E-state index contributed by atoms with van der Waals surface area (Å²) in [4.78, 5) is 31.9. The maximum Gasteiger partial charge on any atom is 0.326 e. The molecule has 0 saturated heterocycles. The van der Waals surface area contributed by atoms with E-state index in [-0.39, 0.29) is 17.5 Å². The number of benzene rings is 2. The van der Waals surface area contributed by atoms with Gasteiger partial charge in [0, 0.05) is 22.7 Å². The van der Waals surface area contributed by atoms with E-state index in [4.69, 9.17) is 11.6 Å². The number of nitrogens with one attached hydrogen (secondary N) is 3. The van der Waals surface area contributed by atoms with Crippen molar-refractivity contribution in [3.63, 3.8) is 0 Å². The first-order valence-corrected chi connectivity index (χ1v) is 9.67. The van der Waals surface area contributed by atoms with Crippen LogP contribution < -0.4 is 11.0 Å². The Morgan fingerprint density at radius 3 is 2.76 bits per heavy atom. The summed E-state index contributed by atoms with van der Waals surface area (Å²) in [5, 5.41) is 10.1. The molecule has 2 aromatic heterocycles. The van der Waals surface area contributed by atoms with Gasteiger partial charge in [-0.3, -0.25) is 19.8 Å². The van der Waals surface area contributed by atoms with Crippen molar-refractivity contribution in [2.75, 3.05) is 5.32 Å². The van der Waals surface area contributed by atoms with E-state index >= 15 is 0 Å². The summed E-state index contributed by atoms with van der Waals surface area (Å²) >= 11 is 5.89. The SMILES string of the molecule is O=C(Nc1n[nH]c(-c2ccc(Cl)cc2)n1)c1ccc2c(c1)[nH]c(=O)n2CC1CC1. The van der Waals surface area contributed by atoms with Crippen LogP contribution in [-0.4, -0.2) is 30.6 Å². The van der Waals surface area contributed by atoms with E-state index in [0.717, 1.165) is 30.5 Å². The Bertz CT molecular complexity index is 1270. The van der Waals surface area contributed by atoms with E-state index in [2.05, 4.69) is 25.5 Å². The quantitative estimate of drug-likeness (QED) is 0.470. The number of hydrogen-bond donors (Lipinski definition) is 3. The number of aromatic amines is 2. The van der Waals surface area contributed by atoms with Crippen LogP contribution in [0.1, 0.15) is 23.2 Å². The fourth-order valence-corrected chi connectivity index (χ4v) is 3.40. The summed E-state index contributed by atoms with van der Waals surface area (Å²) in [6.07, 6.45) is 2.32. The zero-order chi connectivity index (χ0) is 20.0. The van der Waals surface area contributed by atoms with Gasteiger partial charge in [-0.05, 0) is 61.2 Å². The van der Waals surface area contributed by atoms with Crippen molar-refractivity contribution in [2.45, 2.75) is 19.4 Å². The maximum absolute atomic E-state index is 12.6. The van der Waals surface area contributed by atoms with Crippen LogP contribution in [-0.2, 0) is 6.54 Å². The number of fused-ring (bicyclic) bond motifs is 1.